The van der Waals surface area contributed by atoms with Crippen molar-refractivity contribution < 1.29 is 127 Å². The van der Waals surface area contributed by atoms with Gasteiger partial charge in [0.1, 0.15) is 26.2 Å². The number of alkyl halides is 24. The van der Waals surface area contributed by atoms with Crippen molar-refractivity contribution in [2.45, 2.75) is 75.6 Å². The summed E-state index contributed by atoms with van der Waals surface area (Å²) in [7, 11) is 0. The largest absolute Gasteiger partial charge is 1.00 e. The van der Waals surface area contributed by atoms with Crippen molar-refractivity contribution in [3.8, 4) is 89.0 Å². The van der Waals surface area contributed by atoms with E-state index in [-0.39, 0.29) is 127 Å². The Morgan fingerprint density at radius 2 is 0.404 bits per heavy atom. The second kappa shape index (κ2) is 27.3. The summed E-state index contributed by atoms with van der Waals surface area (Å²) in [5.41, 5.74) is -17.0. The number of nitrogens with zero attached hydrogens (tertiary/aromatic N) is 1. The molecule has 580 valence electrons. The fourth-order valence-electron chi connectivity index (χ4n) is 16.1. The molecule has 16 rings (SSSR count). The van der Waals surface area contributed by atoms with Crippen LogP contribution in [-0.4, -0.2) is 4.48 Å². The van der Waals surface area contributed by atoms with Gasteiger partial charge in [0.25, 0.3) is 0 Å². The smallest absolute Gasteiger partial charge is 0.416 e. The second-order valence-electron chi connectivity index (χ2n) is 28.4. The van der Waals surface area contributed by atoms with Crippen LogP contribution in [0.25, 0.3) is 132 Å². The van der Waals surface area contributed by atoms with E-state index in [9.17, 15) is 0 Å². The Balaban J connectivity index is 0.0000102. The standard InChI is InChI=1S/C88H48F24N.BrH/c89-81(90,91)61-27-55(28-62(37-61)82(92,93)94)51-21-52(56-29-63(83(95,96)97)38-64(30-56)84(98,99)100)24-59(23-51)73-35-47-11-3-7-15-71(47)79-75(73)43-113(41-49-19-17-45-9-1-5-13-69(45)77(49)78-50(42-113)20-18-46-10-2-6-14-70(46)78)44-76-74(36-48-12-4-8-16-72(48)80(76)79)60-25-53(57-31-65(85(101,102)103)39-66(32-57)86(104,105)106)22-54(26-60)58-33-67(87(107,108)109)40-68(34-58)88(110,111)112;/h1-40H,41-44H2;1H/q+1;/p-1. The van der Waals surface area contributed by atoms with Gasteiger partial charge >= 0.3 is 49.4 Å². The van der Waals surface area contributed by atoms with E-state index in [1.807, 2.05) is 72.8 Å². The first-order valence-corrected chi connectivity index (χ1v) is 34.4. The van der Waals surface area contributed by atoms with Gasteiger partial charge in [-0.15, -0.1) is 0 Å². The molecule has 0 atom stereocenters. The van der Waals surface area contributed by atoms with Crippen LogP contribution in [0.15, 0.2) is 243 Å². The molecule has 0 bridgehead atoms. The van der Waals surface area contributed by atoms with E-state index in [2.05, 4.69) is 0 Å². The first-order valence-electron chi connectivity index (χ1n) is 34.4. The molecule has 14 aromatic carbocycles. The molecule has 0 saturated carbocycles. The molecule has 0 aromatic heterocycles. The number of hydrogen-bond acceptors (Lipinski definition) is 0. The highest BCUT2D eigenvalue weighted by atomic mass is 79.9. The summed E-state index contributed by atoms with van der Waals surface area (Å²) in [4.78, 5) is 0. The normalized spacial score (nSPS) is 14.2. The van der Waals surface area contributed by atoms with Crippen LogP contribution in [0.3, 0.4) is 0 Å². The van der Waals surface area contributed by atoms with Gasteiger partial charge in [0.05, 0.1) is 44.5 Å². The molecule has 2 heterocycles. The highest BCUT2D eigenvalue weighted by Gasteiger charge is 2.46. The highest BCUT2D eigenvalue weighted by Crippen LogP contribution is 2.56. The number of quaternary nitrogens is 1. The monoisotopic (exact) mass is 1650 g/mol. The van der Waals surface area contributed by atoms with Crippen LogP contribution in [0.1, 0.15) is 66.8 Å². The van der Waals surface area contributed by atoms with Crippen molar-refractivity contribution in [2.75, 3.05) is 0 Å². The van der Waals surface area contributed by atoms with Gasteiger partial charge in [-0.2, -0.15) is 105 Å². The van der Waals surface area contributed by atoms with Gasteiger partial charge in [-0.05, 0) is 242 Å². The third-order valence-corrected chi connectivity index (χ3v) is 21.0. The predicted octanol–water partition coefficient (Wildman–Crippen LogP) is 26.3. The summed E-state index contributed by atoms with van der Waals surface area (Å²) < 4.78 is 360. The number of fused-ring (bicyclic) bond motifs is 14. The average molecular weight is 1660 g/mol. The van der Waals surface area contributed by atoms with Crippen molar-refractivity contribution >= 4 is 43.1 Å². The van der Waals surface area contributed by atoms with E-state index < -0.39 is 138 Å². The number of hydrogen-bond donors (Lipinski definition) is 0. The molecule has 0 aliphatic carbocycles. The van der Waals surface area contributed by atoms with Gasteiger partial charge in [-0.3, -0.25) is 0 Å². The van der Waals surface area contributed by atoms with Crippen molar-refractivity contribution in [3.63, 3.8) is 0 Å². The molecule has 0 fully saturated rings. The van der Waals surface area contributed by atoms with E-state index in [0.717, 1.165) is 69.1 Å². The minimum Gasteiger partial charge on any atom is -1.00 e. The van der Waals surface area contributed by atoms with Crippen LogP contribution >= 0.6 is 0 Å². The zero-order valence-electron chi connectivity index (χ0n) is 57.8. The maximum Gasteiger partial charge on any atom is 0.416 e. The van der Waals surface area contributed by atoms with Gasteiger partial charge in [0.2, 0.25) is 0 Å². The summed E-state index contributed by atoms with van der Waals surface area (Å²) in [5.74, 6) is 0. The summed E-state index contributed by atoms with van der Waals surface area (Å²) in [6, 6.07) is 46.7. The first-order chi connectivity index (χ1) is 52.9. The van der Waals surface area contributed by atoms with Crippen molar-refractivity contribution in [2.24, 2.45) is 0 Å². The van der Waals surface area contributed by atoms with Crippen molar-refractivity contribution in [3.05, 3.63) is 309 Å². The molecule has 1 nitrogen and oxygen atoms in total. The molecule has 2 aliphatic rings. The van der Waals surface area contributed by atoms with Gasteiger partial charge < -0.3 is 21.5 Å². The van der Waals surface area contributed by atoms with E-state index >= 15 is 105 Å². The van der Waals surface area contributed by atoms with Gasteiger partial charge in [-0.1, -0.05) is 121 Å². The van der Waals surface area contributed by atoms with E-state index in [4.69, 9.17) is 0 Å². The summed E-state index contributed by atoms with van der Waals surface area (Å²) in [5, 5.41) is 4.34. The maximum atomic E-state index is 15.0. The van der Waals surface area contributed by atoms with Gasteiger partial charge in [0.15, 0.2) is 0 Å². The van der Waals surface area contributed by atoms with Crippen molar-refractivity contribution in [1.82, 2.24) is 0 Å². The average Bonchev–Trinajstić information content (AvgIpc) is 1.51. The van der Waals surface area contributed by atoms with Crippen molar-refractivity contribution in [1.29, 1.82) is 0 Å². The first kappa shape index (κ1) is 78.2. The van der Waals surface area contributed by atoms with Gasteiger partial charge in [-0.25, -0.2) is 0 Å². The lowest BCUT2D eigenvalue weighted by Crippen LogP contribution is -3.00. The molecule has 2 aliphatic heterocycles. The molecule has 26 heteroatoms. The predicted molar refractivity (Wildman–Crippen MR) is 381 cm³/mol. The fourth-order valence-corrected chi connectivity index (χ4v) is 16.1. The quantitative estimate of drug-likeness (QED) is 0.115. The van der Waals surface area contributed by atoms with Crippen LogP contribution in [0.4, 0.5) is 105 Å². The molecule has 14 aromatic rings. The molecule has 0 amide bonds. The molecule has 0 radical (unpaired) electrons. The summed E-state index contributed by atoms with van der Waals surface area (Å²) >= 11 is 0. The topological polar surface area (TPSA) is 0 Å². The Morgan fingerprint density at radius 1 is 0.193 bits per heavy atom. The zero-order valence-corrected chi connectivity index (χ0v) is 59.4. The Labute approximate surface area is 640 Å². The van der Waals surface area contributed by atoms with Crippen LogP contribution in [0.5, 0.6) is 0 Å². The third-order valence-electron chi connectivity index (χ3n) is 21.0. The third kappa shape index (κ3) is 14.6. The molecule has 0 N–H and O–H groups in total. The molecular weight excluding hydrogens is 1610 g/mol. The fraction of sp³-hybridized carbons (Fsp3) is 0.136. The van der Waals surface area contributed by atoms with E-state index in [1.165, 1.54) is 0 Å². The minimum absolute atomic E-state index is 0. The Kier molecular flexibility index (Phi) is 18.7. The lowest BCUT2D eigenvalue weighted by molar-refractivity contribution is -0.977. The van der Waals surface area contributed by atoms with Gasteiger partial charge in [0, 0.05) is 33.4 Å². The lowest BCUT2D eigenvalue weighted by atomic mass is 9.81. The molecule has 114 heavy (non-hydrogen) atoms. The molecule has 1 spiro atoms. The van der Waals surface area contributed by atoms with Crippen LogP contribution in [0, 0.1) is 0 Å². The summed E-state index contributed by atoms with van der Waals surface area (Å²) in [6.45, 7) is -0.582. The van der Waals surface area contributed by atoms with Crippen LogP contribution < -0.4 is 17.0 Å². The minimum atomic E-state index is -5.50. The Hall–Kier alpha value is -11.1. The van der Waals surface area contributed by atoms with Crippen LogP contribution in [-0.2, 0) is 75.6 Å². The van der Waals surface area contributed by atoms with E-state index in [0.29, 0.717) is 70.4 Å². The van der Waals surface area contributed by atoms with E-state index in [1.54, 1.807) is 60.7 Å². The SMILES string of the molecule is FC(F)(F)c1cc(-c2cc(-c3cc(C(F)(F)F)cc(C(F)(F)F)c3)cc(-c3cc4ccccc4c4c3C[N+]3(Cc5ccc6ccccc6c5-c5c(ccc6ccccc56)C3)Cc3c(-c5cc(-c6cc(C(F)(F)F)cc(C(F)(F)F)c6)cc(-c6cc(C(F)(F)F)cc(C(F)(F)F)c6)c5)cc5ccccc5c3-4)c2)cc(C(F)(F)F)c1.[Br-]. The lowest BCUT2D eigenvalue weighted by Gasteiger charge is -2.39. The number of halogens is 25. The second-order valence-corrected chi connectivity index (χ2v) is 28.4. The molecule has 0 unspecified atom stereocenters. The zero-order chi connectivity index (χ0) is 80.4. The molecule has 0 saturated heterocycles. The maximum absolute atomic E-state index is 15.0. The van der Waals surface area contributed by atoms with Crippen LogP contribution in [0.2, 0.25) is 0 Å². The molecular formula is C88H48BrF24N. The number of rotatable bonds is 6. The Bertz CT molecular complexity index is 5570. The number of benzene rings is 14. The summed E-state index contributed by atoms with van der Waals surface area (Å²) in [6.07, 6.45) is -44.0. The highest BCUT2D eigenvalue weighted by molar-refractivity contribution is 6.13. The Morgan fingerprint density at radius 3 is 0.649 bits per heavy atom.